The van der Waals surface area contributed by atoms with Crippen LogP contribution in [0.5, 0.6) is 11.5 Å². The monoisotopic (exact) mass is 352 g/mol. The molecule has 1 N–H and O–H groups in total. The van der Waals surface area contributed by atoms with Crippen LogP contribution in [-0.2, 0) is 0 Å². The highest BCUT2D eigenvalue weighted by Gasteiger charge is 2.37. The molecule has 1 aromatic heterocycles. The van der Waals surface area contributed by atoms with Crippen molar-refractivity contribution in [3.63, 3.8) is 0 Å². The molecule has 1 aromatic carbocycles. The number of pyridine rings is 1. The Kier molecular flexibility index (Phi) is 4.64. The summed E-state index contributed by atoms with van der Waals surface area (Å²) < 4.78 is 11.4. The molecule has 5 heteroatoms. The highest BCUT2D eigenvalue weighted by molar-refractivity contribution is 6.13. The molecule has 3 unspecified atom stereocenters. The lowest BCUT2D eigenvalue weighted by Gasteiger charge is -2.37. The van der Waals surface area contributed by atoms with E-state index < -0.39 is 0 Å². The second-order valence-electron chi connectivity index (χ2n) is 6.86. The summed E-state index contributed by atoms with van der Waals surface area (Å²) in [5.74, 6) is 1.64. The summed E-state index contributed by atoms with van der Waals surface area (Å²) in [7, 11) is 1.65. The first-order chi connectivity index (χ1) is 12.7. The van der Waals surface area contributed by atoms with Gasteiger partial charge in [-0.3, -0.25) is 9.98 Å². The summed E-state index contributed by atoms with van der Waals surface area (Å²) in [5.41, 5.74) is 3.97. The van der Waals surface area contributed by atoms with Gasteiger partial charge in [-0.05, 0) is 56.0 Å². The molecular formula is C21H24N2O3. The van der Waals surface area contributed by atoms with Crippen molar-refractivity contribution < 1.29 is 14.6 Å². The molecule has 0 radical (unpaired) electrons. The average molecular weight is 352 g/mol. The van der Waals surface area contributed by atoms with Crippen LogP contribution in [0, 0.1) is 0 Å². The Morgan fingerprint density at radius 2 is 2.08 bits per heavy atom. The van der Waals surface area contributed by atoms with Crippen LogP contribution in [0.3, 0.4) is 0 Å². The summed E-state index contributed by atoms with van der Waals surface area (Å²) in [5, 5.41) is 10.2. The van der Waals surface area contributed by atoms with Gasteiger partial charge in [-0.15, -0.1) is 0 Å². The molecule has 3 atom stereocenters. The lowest BCUT2D eigenvalue weighted by Crippen LogP contribution is -2.34. The van der Waals surface area contributed by atoms with E-state index in [-0.39, 0.29) is 18.1 Å². The third-order valence-electron chi connectivity index (χ3n) is 5.28. The van der Waals surface area contributed by atoms with Gasteiger partial charge in [0.05, 0.1) is 37.3 Å². The van der Waals surface area contributed by atoms with Gasteiger partial charge in [-0.1, -0.05) is 6.07 Å². The van der Waals surface area contributed by atoms with Gasteiger partial charge in [0.25, 0.3) is 0 Å². The summed E-state index contributed by atoms with van der Waals surface area (Å²) in [6.07, 6.45) is 3.93. The van der Waals surface area contributed by atoms with Crippen molar-refractivity contribution in [3.05, 3.63) is 53.3 Å². The van der Waals surface area contributed by atoms with Crippen molar-refractivity contribution in [2.45, 2.75) is 44.2 Å². The maximum absolute atomic E-state index is 10.2. The number of fused-ring (bicyclic) bond motifs is 3. The van der Waals surface area contributed by atoms with E-state index in [0.717, 1.165) is 42.0 Å². The van der Waals surface area contributed by atoms with Crippen LogP contribution < -0.4 is 9.47 Å². The van der Waals surface area contributed by atoms with Crippen LogP contribution >= 0.6 is 0 Å². The van der Waals surface area contributed by atoms with Crippen LogP contribution in [0.25, 0.3) is 0 Å². The first kappa shape index (κ1) is 17.0. The SMILES string of the molecule is CCOc1cc2c(cc1OC)C(c1ccccn1)=NC1CCC(O)CC21. The Morgan fingerprint density at radius 3 is 2.81 bits per heavy atom. The maximum Gasteiger partial charge on any atom is 0.161 e. The Bertz CT molecular complexity index is 820. The molecule has 0 spiro atoms. The number of hydrogen-bond donors (Lipinski definition) is 1. The number of aliphatic hydroxyl groups is 1. The zero-order chi connectivity index (χ0) is 18.1. The van der Waals surface area contributed by atoms with Crippen LogP contribution in [-0.4, -0.2) is 41.7 Å². The van der Waals surface area contributed by atoms with Crippen molar-refractivity contribution in [1.82, 2.24) is 4.98 Å². The maximum atomic E-state index is 10.2. The molecule has 1 aliphatic carbocycles. The number of methoxy groups -OCH3 is 1. The Hall–Kier alpha value is -2.40. The third kappa shape index (κ3) is 2.97. The molecule has 1 saturated carbocycles. The normalized spacial score (nSPS) is 24.3. The fourth-order valence-electron chi connectivity index (χ4n) is 4.08. The van der Waals surface area contributed by atoms with Crippen molar-refractivity contribution in [2.24, 2.45) is 4.99 Å². The minimum absolute atomic E-state index is 0.172. The quantitative estimate of drug-likeness (QED) is 0.917. The average Bonchev–Trinajstić information content (AvgIpc) is 2.68. The van der Waals surface area contributed by atoms with Gasteiger partial charge in [0.15, 0.2) is 11.5 Å². The second kappa shape index (κ2) is 7.08. The van der Waals surface area contributed by atoms with Crippen LogP contribution in [0.4, 0.5) is 0 Å². The molecule has 1 fully saturated rings. The number of ether oxygens (including phenoxy) is 2. The van der Waals surface area contributed by atoms with Gasteiger partial charge in [0, 0.05) is 17.7 Å². The molecule has 0 bridgehead atoms. The largest absolute Gasteiger partial charge is 0.493 e. The highest BCUT2D eigenvalue weighted by Crippen LogP contribution is 2.44. The van der Waals surface area contributed by atoms with Gasteiger partial charge in [0.1, 0.15) is 0 Å². The number of aliphatic imine (C=N–C) groups is 1. The van der Waals surface area contributed by atoms with Crippen molar-refractivity contribution >= 4 is 5.71 Å². The minimum atomic E-state index is -0.270. The Morgan fingerprint density at radius 1 is 1.19 bits per heavy atom. The molecule has 2 aliphatic rings. The van der Waals surface area contributed by atoms with Gasteiger partial charge in [-0.25, -0.2) is 0 Å². The van der Waals surface area contributed by atoms with Gasteiger partial charge < -0.3 is 14.6 Å². The van der Waals surface area contributed by atoms with Crippen LogP contribution in [0.2, 0.25) is 0 Å². The lowest BCUT2D eigenvalue weighted by molar-refractivity contribution is 0.111. The number of nitrogens with zero attached hydrogens (tertiary/aromatic N) is 2. The van der Waals surface area contributed by atoms with Crippen LogP contribution in [0.1, 0.15) is 48.9 Å². The van der Waals surface area contributed by atoms with Crippen LogP contribution in [0.15, 0.2) is 41.5 Å². The van der Waals surface area contributed by atoms with E-state index in [4.69, 9.17) is 14.5 Å². The molecular weight excluding hydrogens is 328 g/mol. The predicted octanol–water partition coefficient (Wildman–Crippen LogP) is 3.34. The van der Waals surface area contributed by atoms with E-state index in [2.05, 4.69) is 11.1 Å². The molecule has 2 heterocycles. The molecule has 0 saturated heterocycles. The number of aromatic nitrogens is 1. The first-order valence-corrected chi connectivity index (χ1v) is 9.23. The Balaban J connectivity index is 1.89. The van der Waals surface area contributed by atoms with E-state index in [9.17, 15) is 5.11 Å². The van der Waals surface area contributed by atoms with E-state index in [1.54, 1.807) is 13.3 Å². The van der Waals surface area contributed by atoms with E-state index in [0.29, 0.717) is 12.4 Å². The fraction of sp³-hybridized carbons (Fsp3) is 0.429. The fourth-order valence-corrected chi connectivity index (χ4v) is 4.08. The summed E-state index contributed by atoms with van der Waals surface area (Å²) >= 11 is 0. The second-order valence-corrected chi connectivity index (χ2v) is 6.86. The first-order valence-electron chi connectivity index (χ1n) is 9.23. The molecule has 26 heavy (non-hydrogen) atoms. The third-order valence-corrected chi connectivity index (χ3v) is 5.28. The lowest BCUT2D eigenvalue weighted by atomic mass is 9.74. The number of hydrogen-bond acceptors (Lipinski definition) is 5. The smallest absolute Gasteiger partial charge is 0.161 e. The van der Waals surface area contributed by atoms with Gasteiger partial charge in [-0.2, -0.15) is 0 Å². The zero-order valence-electron chi connectivity index (χ0n) is 15.2. The van der Waals surface area contributed by atoms with Gasteiger partial charge in [0.2, 0.25) is 0 Å². The minimum Gasteiger partial charge on any atom is -0.493 e. The molecule has 5 nitrogen and oxygen atoms in total. The molecule has 1 aliphatic heterocycles. The molecule has 136 valence electrons. The highest BCUT2D eigenvalue weighted by atomic mass is 16.5. The number of rotatable bonds is 4. The molecule has 4 rings (SSSR count). The van der Waals surface area contributed by atoms with E-state index in [1.807, 2.05) is 31.2 Å². The van der Waals surface area contributed by atoms with Crippen molar-refractivity contribution in [2.75, 3.05) is 13.7 Å². The van der Waals surface area contributed by atoms with Crippen molar-refractivity contribution in [1.29, 1.82) is 0 Å². The summed E-state index contributed by atoms with van der Waals surface area (Å²) in [4.78, 5) is 9.56. The molecule has 0 amide bonds. The topological polar surface area (TPSA) is 63.9 Å². The zero-order valence-corrected chi connectivity index (χ0v) is 15.2. The number of aliphatic hydroxyl groups excluding tert-OH is 1. The number of benzene rings is 1. The van der Waals surface area contributed by atoms with Crippen molar-refractivity contribution in [3.8, 4) is 11.5 Å². The predicted molar refractivity (Wildman–Crippen MR) is 100 cm³/mol. The van der Waals surface area contributed by atoms with Gasteiger partial charge >= 0.3 is 0 Å². The Labute approximate surface area is 153 Å². The summed E-state index contributed by atoms with van der Waals surface area (Å²) in [6.45, 7) is 2.54. The molecule has 2 aromatic rings. The van der Waals surface area contributed by atoms with E-state index >= 15 is 0 Å². The van der Waals surface area contributed by atoms with E-state index in [1.165, 1.54) is 5.56 Å². The standard InChI is InChI=1S/C21H24N2O3/c1-3-26-20-11-14-15-10-13(24)7-8-17(15)23-21(16(14)12-19(20)25-2)18-6-4-5-9-22-18/h4-6,9,11-13,15,17,24H,3,7-8,10H2,1-2H3. The summed E-state index contributed by atoms with van der Waals surface area (Å²) in [6, 6.07) is 10.1.